The largest absolute Gasteiger partial charge is 0.491 e. The number of nitrogens with two attached hydrogens (primary N) is 1. The standard InChI is InChI=1S/C23H27ClN5OP/c1-29-6-4-23(5-7-29)11-14(23)12-30-20-10-19-16(9-18(20)25)22(27-13-26-19)28-15-2-3-21(31)17(24)8-15/h2-3,8-10,13-14H,4-7,11-12,25,31H2,1H3,(H,26,27,28). The Balaban J connectivity index is 1.32. The third-order valence-corrected chi connectivity index (χ3v) is 7.83. The van der Waals surface area contributed by atoms with Crippen LogP contribution in [0.5, 0.6) is 5.75 Å². The lowest BCUT2D eigenvalue weighted by Crippen LogP contribution is -2.32. The van der Waals surface area contributed by atoms with Gasteiger partial charge in [0.25, 0.3) is 0 Å². The molecule has 8 heteroatoms. The number of rotatable bonds is 5. The fourth-order valence-electron chi connectivity index (χ4n) is 4.60. The molecule has 3 aromatic rings. The molecule has 2 unspecified atom stereocenters. The van der Waals surface area contributed by atoms with Gasteiger partial charge in [0, 0.05) is 22.2 Å². The number of hydrogen-bond donors (Lipinski definition) is 2. The first-order chi connectivity index (χ1) is 14.9. The van der Waals surface area contributed by atoms with Gasteiger partial charge in [-0.1, -0.05) is 17.7 Å². The third-order valence-electron chi connectivity index (χ3n) is 6.81. The Morgan fingerprint density at radius 1 is 1.26 bits per heavy atom. The highest BCUT2D eigenvalue weighted by Crippen LogP contribution is 2.59. The van der Waals surface area contributed by atoms with Crippen LogP contribution in [0.15, 0.2) is 36.7 Å². The molecule has 3 N–H and O–H groups in total. The second-order valence-electron chi connectivity index (χ2n) is 8.87. The Kier molecular flexibility index (Phi) is 5.41. The molecule has 2 atom stereocenters. The van der Waals surface area contributed by atoms with Crippen molar-refractivity contribution in [3.05, 3.63) is 41.7 Å². The summed E-state index contributed by atoms with van der Waals surface area (Å²) in [6.45, 7) is 3.09. The maximum absolute atomic E-state index is 6.35. The zero-order valence-corrected chi connectivity index (χ0v) is 19.5. The molecule has 162 valence electrons. The third kappa shape index (κ3) is 4.17. The molecule has 0 bridgehead atoms. The summed E-state index contributed by atoms with van der Waals surface area (Å²) in [4.78, 5) is 11.2. The molecular weight excluding hydrogens is 429 g/mol. The van der Waals surface area contributed by atoms with E-state index in [-0.39, 0.29) is 0 Å². The summed E-state index contributed by atoms with van der Waals surface area (Å²) < 4.78 is 6.17. The molecule has 1 saturated heterocycles. The van der Waals surface area contributed by atoms with Crippen LogP contribution in [-0.4, -0.2) is 41.6 Å². The van der Waals surface area contributed by atoms with Crippen LogP contribution in [-0.2, 0) is 0 Å². The number of ether oxygens (including phenoxy) is 1. The van der Waals surface area contributed by atoms with Crippen LogP contribution in [0.2, 0.25) is 5.02 Å². The first-order valence-electron chi connectivity index (χ1n) is 10.6. The van der Waals surface area contributed by atoms with Crippen molar-refractivity contribution in [3.8, 4) is 5.75 Å². The number of benzene rings is 2. The molecule has 6 nitrogen and oxygen atoms in total. The summed E-state index contributed by atoms with van der Waals surface area (Å²) in [5.74, 6) is 2.01. The van der Waals surface area contributed by atoms with Crippen LogP contribution in [0.1, 0.15) is 19.3 Å². The van der Waals surface area contributed by atoms with Crippen molar-refractivity contribution >= 4 is 54.2 Å². The maximum Gasteiger partial charge on any atom is 0.144 e. The van der Waals surface area contributed by atoms with Crippen molar-refractivity contribution in [2.75, 3.05) is 37.8 Å². The van der Waals surface area contributed by atoms with E-state index in [1.165, 1.54) is 32.4 Å². The highest BCUT2D eigenvalue weighted by atomic mass is 35.5. The zero-order valence-electron chi connectivity index (χ0n) is 17.6. The predicted octanol–water partition coefficient (Wildman–Crippen LogP) is 4.22. The van der Waals surface area contributed by atoms with Gasteiger partial charge in [-0.3, -0.25) is 0 Å². The number of hydrogen-bond acceptors (Lipinski definition) is 6. The first-order valence-corrected chi connectivity index (χ1v) is 11.6. The van der Waals surface area contributed by atoms with Crippen molar-refractivity contribution in [1.82, 2.24) is 14.9 Å². The molecule has 2 fully saturated rings. The van der Waals surface area contributed by atoms with Crippen molar-refractivity contribution in [2.24, 2.45) is 11.3 Å². The van der Waals surface area contributed by atoms with Gasteiger partial charge in [0.15, 0.2) is 0 Å². The summed E-state index contributed by atoms with van der Waals surface area (Å²) in [5.41, 5.74) is 9.08. The van der Waals surface area contributed by atoms with E-state index in [4.69, 9.17) is 22.1 Å². The Morgan fingerprint density at radius 2 is 2.06 bits per heavy atom. The number of fused-ring (bicyclic) bond motifs is 1. The minimum Gasteiger partial charge on any atom is -0.491 e. The maximum atomic E-state index is 6.35. The van der Waals surface area contributed by atoms with E-state index < -0.39 is 0 Å². The lowest BCUT2D eigenvalue weighted by Gasteiger charge is -2.30. The van der Waals surface area contributed by atoms with Crippen LogP contribution >= 0.6 is 20.8 Å². The summed E-state index contributed by atoms with van der Waals surface area (Å²) in [6.07, 6.45) is 5.36. The number of halogens is 1. The lowest BCUT2D eigenvalue weighted by atomic mass is 9.91. The lowest BCUT2D eigenvalue weighted by molar-refractivity contribution is 0.175. The average molecular weight is 456 g/mol. The topological polar surface area (TPSA) is 76.3 Å². The van der Waals surface area contributed by atoms with Gasteiger partial charge in [-0.2, -0.15) is 0 Å². The van der Waals surface area contributed by atoms with Crippen LogP contribution in [0.3, 0.4) is 0 Å². The van der Waals surface area contributed by atoms with Crippen LogP contribution in [0, 0.1) is 11.3 Å². The Bertz CT molecular complexity index is 1130. The van der Waals surface area contributed by atoms with E-state index in [1.54, 1.807) is 6.33 Å². The molecule has 2 aliphatic rings. The molecule has 0 radical (unpaired) electrons. The second-order valence-corrected chi connectivity index (χ2v) is 9.90. The smallest absolute Gasteiger partial charge is 0.144 e. The van der Waals surface area contributed by atoms with Crippen molar-refractivity contribution < 1.29 is 4.74 Å². The van der Waals surface area contributed by atoms with Gasteiger partial charge >= 0.3 is 0 Å². The monoisotopic (exact) mass is 455 g/mol. The number of aromatic nitrogens is 2. The first kappa shape index (κ1) is 20.7. The summed E-state index contributed by atoms with van der Waals surface area (Å²) >= 11 is 6.24. The number of likely N-dealkylation sites (tertiary alicyclic amines) is 1. The van der Waals surface area contributed by atoms with E-state index in [0.717, 1.165) is 28.5 Å². The number of piperidine rings is 1. The normalized spacial score (nSPS) is 20.2. The minimum atomic E-state index is 0.491. The van der Waals surface area contributed by atoms with Crippen molar-refractivity contribution in [2.45, 2.75) is 19.3 Å². The van der Waals surface area contributed by atoms with E-state index in [2.05, 4.69) is 36.5 Å². The Labute approximate surface area is 189 Å². The van der Waals surface area contributed by atoms with Crippen molar-refractivity contribution in [3.63, 3.8) is 0 Å². The van der Waals surface area contributed by atoms with Gasteiger partial charge in [0.05, 0.1) is 17.8 Å². The molecule has 1 spiro atoms. The predicted molar refractivity (Wildman–Crippen MR) is 131 cm³/mol. The molecule has 1 aliphatic carbocycles. The van der Waals surface area contributed by atoms with Gasteiger partial charge in [0.1, 0.15) is 17.9 Å². The zero-order chi connectivity index (χ0) is 21.6. The van der Waals surface area contributed by atoms with Gasteiger partial charge in [0.2, 0.25) is 0 Å². The number of nitrogens with one attached hydrogen (secondary N) is 1. The molecule has 31 heavy (non-hydrogen) atoms. The average Bonchev–Trinajstić information content (AvgIpc) is 3.44. The molecular formula is C23H27ClN5OP. The quantitative estimate of drug-likeness (QED) is 0.443. The fraction of sp³-hybridized carbons (Fsp3) is 0.391. The molecule has 0 amide bonds. The fourth-order valence-corrected chi connectivity index (χ4v) is 4.96. The number of nitrogen functional groups attached to an aromatic ring is 1. The molecule has 1 aromatic heterocycles. The minimum absolute atomic E-state index is 0.491. The second kappa shape index (κ2) is 8.09. The summed E-state index contributed by atoms with van der Waals surface area (Å²) in [5, 5.41) is 5.78. The van der Waals surface area contributed by atoms with Crippen LogP contribution in [0.4, 0.5) is 17.2 Å². The molecule has 1 aliphatic heterocycles. The van der Waals surface area contributed by atoms with E-state index >= 15 is 0 Å². The highest BCUT2D eigenvalue weighted by molar-refractivity contribution is 7.28. The van der Waals surface area contributed by atoms with Gasteiger partial charge in [-0.05, 0) is 74.2 Å². The van der Waals surface area contributed by atoms with Gasteiger partial charge in [-0.15, -0.1) is 9.24 Å². The van der Waals surface area contributed by atoms with Crippen LogP contribution in [0.25, 0.3) is 10.9 Å². The molecule has 2 aromatic carbocycles. The summed E-state index contributed by atoms with van der Waals surface area (Å²) in [6, 6.07) is 9.57. The van der Waals surface area contributed by atoms with Gasteiger partial charge < -0.3 is 20.7 Å². The Hall–Kier alpha value is -2.14. The summed E-state index contributed by atoms with van der Waals surface area (Å²) in [7, 11) is 4.82. The van der Waals surface area contributed by atoms with E-state index in [0.29, 0.717) is 33.6 Å². The van der Waals surface area contributed by atoms with E-state index in [1.807, 2.05) is 30.3 Å². The van der Waals surface area contributed by atoms with Crippen LogP contribution < -0.4 is 21.1 Å². The van der Waals surface area contributed by atoms with Crippen molar-refractivity contribution in [1.29, 1.82) is 0 Å². The number of anilines is 3. The molecule has 1 saturated carbocycles. The van der Waals surface area contributed by atoms with E-state index in [9.17, 15) is 0 Å². The SMILES string of the molecule is CN1CCC2(CC1)CC2COc1cc2ncnc(Nc3ccc(P)c(Cl)c3)c2cc1N. The molecule has 5 rings (SSSR count). The number of nitrogens with zero attached hydrogens (tertiary/aromatic N) is 3. The highest BCUT2D eigenvalue weighted by Gasteiger charge is 2.54. The van der Waals surface area contributed by atoms with Gasteiger partial charge in [-0.25, -0.2) is 9.97 Å². The molecule has 2 heterocycles. The Morgan fingerprint density at radius 3 is 2.84 bits per heavy atom.